The molecule has 1 unspecified atom stereocenters. The molecule has 0 aromatic carbocycles. The van der Waals surface area contributed by atoms with Gasteiger partial charge >= 0.3 is 0 Å². The van der Waals surface area contributed by atoms with E-state index in [4.69, 9.17) is 0 Å². The minimum absolute atomic E-state index is 0.762. The fraction of sp³-hybridized carbons (Fsp3) is 0.727. The van der Waals surface area contributed by atoms with Gasteiger partial charge in [-0.2, -0.15) is 5.10 Å². The van der Waals surface area contributed by atoms with E-state index in [1.807, 2.05) is 24.9 Å². The Labute approximate surface area is 91.1 Å². The maximum Gasteiger partial charge on any atom is 0.0824 e. The summed E-state index contributed by atoms with van der Waals surface area (Å²) >= 11 is 0. The molecule has 2 heterocycles. The second-order valence-electron chi connectivity index (χ2n) is 4.40. The topological polar surface area (TPSA) is 41.9 Å². The van der Waals surface area contributed by atoms with Crippen LogP contribution in [0, 0.1) is 12.8 Å². The predicted octanol–water partition coefficient (Wildman–Crippen LogP) is 1.14. The molecule has 1 aliphatic heterocycles. The Hall–Kier alpha value is -1.03. The van der Waals surface area contributed by atoms with Gasteiger partial charge in [-0.25, -0.2) is 0 Å². The highest BCUT2D eigenvalue weighted by molar-refractivity contribution is 5.45. The SMILES string of the molecule is Cc1nn(C)cc1NCC1CCCNC1. The molecule has 1 fully saturated rings. The van der Waals surface area contributed by atoms with Crippen LogP contribution in [0.5, 0.6) is 0 Å². The van der Waals surface area contributed by atoms with Gasteiger partial charge in [-0.1, -0.05) is 0 Å². The molecule has 2 rings (SSSR count). The van der Waals surface area contributed by atoms with E-state index < -0.39 is 0 Å². The van der Waals surface area contributed by atoms with Crippen LogP contribution in [-0.2, 0) is 7.05 Å². The first-order chi connectivity index (χ1) is 7.25. The Morgan fingerprint density at radius 3 is 3.13 bits per heavy atom. The Balaban J connectivity index is 1.84. The molecule has 0 amide bonds. The number of nitrogens with one attached hydrogen (secondary N) is 2. The summed E-state index contributed by atoms with van der Waals surface area (Å²) in [5.74, 6) is 0.762. The molecule has 1 aromatic heterocycles. The van der Waals surface area contributed by atoms with Crippen molar-refractivity contribution in [2.45, 2.75) is 19.8 Å². The first-order valence-corrected chi connectivity index (χ1v) is 5.70. The molecule has 1 aromatic rings. The standard InChI is InChI=1S/C11H20N4/c1-9-11(8-15(2)14-9)13-7-10-4-3-5-12-6-10/h8,10,12-13H,3-7H2,1-2H3. The van der Waals surface area contributed by atoms with Crippen molar-refractivity contribution in [1.82, 2.24) is 15.1 Å². The summed E-state index contributed by atoms with van der Waals surface area (Å²) in [6, 6.07) is 0. The van der Waals surface area contributed by atoms with Crippen LogP contribution in [-0.4, -0.2) is 29.4 Å². The van der Waals surface area contributed by atoms with E-state index in [2.05, 4.69) is 15.7 Å². The molecule has 0 radical (unpaired) electrons. The lowest BCUT2D eigenvalue weighted by Gasteiger charge is -2.23. The smallest absolute Gasteiger partial charge is 0.0824 e. The minimum Gasteiger partial charge on any atom is -0.382 e. The van der Waals surface area contributed by atoms with Crippen molar-refractivity contribution in [2.75, 3.05) is 25.0 Å². The van der Waals surface area contributed by atoms with Crippen LogP contribution in [0.3, 0.4) is 0 Å². The maximum absolute atomic E-state index is 4.31. The Kier molecular flexibility index (Phi) is 3.26. The second kappa shape index (κ2) is 4.66. The molecule has 4 nitrogen and oxygen atoms in total. The summed E-state index contributed by atoms with van der Waals surface area (Å²) in [5.41, 5.74) is 2.25. The third-order valence-electron chi connectivity index (χ3n) is 2.99. The number of nitrogens with zero attached hydrogens (tertiary/aromatic N) is 2. The van der Waals surface area contributed by atoms with E-state index in [1.54, 1.807) is 0 Å². The highest BCUT2D eigenvalue weighted by Crippen LogP contribution is 2.15. The summed E-state index contributed by atoms with van der Waals surface area (Å²) in [7, 11) is 1.96. The third-order valence-corrected chi connectivity index (χ3v) is 2.99. The van der Waals surface area contributed by atoms with Crippen molar-refractivity contribution in [2.24, 2.45) is 13.0 Å². The molecule has 1 saturated heterocycles. The normalized spacial score (nSPS) is 21.6. The van der Waals surface area contributed by atoms with Gasteiger partial charge in [-0.15, -0.1) is 0 Å². The number of aromatic nitrogens is 2. The lowest BCUT2D eigenvalue weighted by molar-refractivity contribution is 0.393. The van der Waals surface area contributed by atoms with Gasteiger partial charge < -0.3 is 10.6 Å². The number of hydrogen-bond acceptors (Lipinski definition) is 3. The lowest BCUT2D eigenvalue weighted by Crippen LogP contribution is -2.33. The van der Waals surface area contributed by atoms with Crippen molar-refractivity contribution in [1.29, 1.82) is 0 Å². The number of rotatable bonds is 3. The molecule has 0 bridgehead atoms. The van der Waals surface area contributed by atoms with Crippen molar-refractivity contribution in [3.63, 3.8) is 0 Å². The van der Waals surface area contributed by atoms with E-state index in [0.29, 0.717) is 0 Å². The zero-order valence-electron chi connectivity index (χ0n) is 9.58. The quantitative estimate of drug-likeness (QED) is 0.782. The first-order valence-electron chi connectivity index (χ1n) is 5.70. The molecule has 1 aliphatic rings. The fourth-order valence-corrected chi connectivity index (χ4v) is 2.13. The molecule has 0 aliphatic carbocycles. The van der Waals surface area contributed by atoms with Crippen molar-refractivity contribution >= 4 is 5.69 Å². The Morgan fingerprint density at radius 2 is 2.53 bits per heavy atom. The van der Waals surface area contributed by atoms with Gasteiger partial charge in [0.05, 0.1) is 11.4 Å². The lowest BCUT2D eigenvalue weighted by atomic mass is 10.00. The molecule has 2 N–H and O–H groups in total. The minimum atomic E-state index is 0.762. The average Bonchev–Trinajstić information content (AvgIpc) is 2.56. The van der Waals surface area contributed by atoms with Crippen molar-refractivity contribution < 1.29 is 0 Å². The Bertz CT molecular complexity index is 312. The number of piperidine rings is 1. The highest BCUT2D eigenvalue weighted by atomic mass is 15.3. The largest absolute Gasteiger partial charge is 0.382 e. The van der Waals surface area contributed by atoms with Gasteiger partial charge in [0, 0.05) is 19.8 Å². The van der Waals surface area contributed by atoms with E-state index in [9.17, 15) is 0 Å². The van der Waals surface area contributed by atoms with Crippen molar-refractivity contribution in [3.8, 4) is 0 Å². The van der Waals surface area contributed by atoms with Crippen LogP contribution < -0.4 is 10.6 Å². The fourth-order valence-electron chi connectivity index (χ4n) is 2.13. The van der Waals surface area contributed by atoms with Crippen LogP contribution in [0.1, 0.15) is 18.5 Å². The number of hydrogen-bond donors (Lipinski definition) is 2. The van der Waals surface area contributed by atoms with Crippen LogP contribution in [0.2, 0.25) is 0 Å². The summed E-state index contributed by atoms with van der Waals surface area (Å²) in [4.78, 5) is 0. The van der Waals surface area contributed by atoms with E-state index >= 15 is 0 Å². The van der Waals surface area contributed by atoms with Gasteiger partial charge in [-0.05, 0) is 38.8 Å². The van der Waals surface area contributed by atoms with E-state index in [0.717, 1.165) is 24.7 Å². The van der Waals surface area contributed by atoms with Crippen LogP contribution in [0.15, 0.2) is 6.20 Å². The Morgan fingerprint density at radius 1 is 1.67 bits per heavy atom. The monoisotopic (exact) mass is 208 g/mol. The van der Waals surface area contributed by atoms with Crippen molar-refractivity contribution in [3.05, 3.63) is 11.9 Å². The molecule has 0 saturated carbocycles. The summed E-state index contributed by atoms with van der Waals surface area (Å²) in [5, 5.41) is 11.2. The second-order valence-corrected chi connectivity index (χ2v) is 4.40. The average molecular weight is 208 g/mol. The van der Waals surface area contributed by atoms with Gasteiger partial charge in [0.1, 0.15) is 0 Å². The van der Waals surface area contributed by atoms with Crippen LogP contribution >= 0.6 is 0 Å². The van der Waals surface area contributed by atoms with Crippen LogP contribution in [0.4, 0.5) is 5.69 Å². The molecular formula is C11H20N4. The zero-order chi connectivity index (χ0) is 10.7. The summed E-state index contributed by atoms with van der Waals surface area (Å²) in [6.07, 6.45) is 4.68. The molecule has 84 valence electrons. The summed E-state index contributed by atoms with van der Waals surface area (Å²) in [6.45, 7) is 5.43. The van der Waals surface area contributed by atoms with Crippen LogP contribution in [0.25, 0.3) is 0 Å². The molecule has 15 heavy (non-hydrogen) atoms. The predicted molar refractivity (Wildman–Crippen MR) is 62.0 cm³/mol. The number of aryl methyl sites for hydroxylation is 2. The van der Waals surface area contributed by atoms with Gasteiger partial charge in [-0.3, -0.25) is 4.68 Å². The first kappa shape index (κ1) is 10.5. The van der Waals surface area contributed by atoms with Gasteiger partial charge in [0.25, 0.3) is 0 Å². The van der Waals surface area contributed by atoms with Gasteiger partial charge in [0.15, 0.2) is 0 Å². The van der Waals surface area contributed by atoms with E-state index in [1.165, 1.54) is 25.1 Å². The molecular weight excluding hydrogens is 188 g/mol. The molecule has 0 spiro atoms. The third kappa shape index (κ3) is 2.72. The molecule has 4 heteroatoms. The van der Waals surface area contributed by atoms with E-state index in [-0.39, 0.29) is 0 Å². The summed E-state index contributed by atoms with van der Waals surface area (Å²) < 4.78 is 1.86. The zero-order valence-corrected chi connectivity index (χ0v) is 9.58. The highest BCUT2D eigenvalue weighted by Gasteiger charge is 2.13. The molecule has 1 atom stereocenters. The maximum atomic E-state index is 4.31. The number of anilines is 1. The van der Waals surface area contributed by atoms with Gasteiger partial charge in [0.2, 0.25) is 0 Å².